The number of para-hydroxylation sites is 1. The lowest BCUT2D eigenvalue weighted by Crippen LogP contribution is -2.29. The summed E-state index contributed by atoms with van der Waals surface area (Å²) in [5, 5.41) is 1.17. The van der Waals surface area contributed by atoms with E-state index in [-0.39, 0.29) is 11.2 Å². The van der Waals surface area contributed by atoms with E-state index in [1.807, 2.05) is 12.1 Å². The van der Waals surface area contributed by atoms with Gasteiger partial charge in [-0.3, -0.25) is 4.99 Å². The highest BCUT2D eigenvalue weighted by molar-refractivity contribution is 6.30. The van der Waals surface area contributed by atoms with Gasteiger partial charge in [0.1, 0.15) is 11.6 Å². The molecule has 0 saturated heterocycles. The first-order valence-electron chi connectivity index (χ1n) is 11.9. The fourth-order valence-corrected chi connectivity index (χ4v) is 5.66. The highest BCUT2D eigenvalue weighted by Crippen LogP contribution is 2.47. The molecule has 0 radical (unpaired) electrons. The first-order chi connectivity index (χ1) is 16.5. The number of rotatable bonds is 0. The van der Waals surface area contributed by atoms with E-state index in [0.717, 1.165) is 47.9 Å². The maximum absolute atomic E-state index is 14.5. The van der Waals surface area contributed by atoms with E-state index in [1.165, 1.54) is 34.6 Å². The van der Waals surface area contributed by atoms with E-state index in [9.17, 15) is 8.78 Å². The average Bonchev–Trinajstić information content (AvgIpc) is 3.23. The van der Waals surface area contributed by atoms with Gasteiger partial charge < -0.3 is 0 Å². The second-order valence-electron chi connectivity index (χ2n) is 9.51. The van der Waals surface area contributed by atoms with Crippen molar-refractivity contribution in [3.63, 3.8) is 0 Å². The Hall–Kier alpha value is -3.59. The molecule has 0 saturated carbocycles. The van der Waals surface area contributed by atoms with Gasteiger partial charge in [0.2, 0.25) is 0 Å². The molecule has 7 rings (SSSR count). The van der Waals surface area contributed by atoms with Crippen LogP contribution in [0.4, 0.5) is 14.5 Å². The third kappa shape index (κ3) is 3.30. The molecule has 0 amide bonds. The summed E-state index contributed by atoms with van der Waals surface area (Å²) in [6.07, 6.45) is 17.1. The zero-order valence-electron chi connectivity index (χ0n) is 19.1. The summed E-state index contributed by atoms with van der Waals surface area (Å²) >= 11 is 0. The minimum Gasteiger partial charge on any atom is -0.252 e. The Morgan fingerprint density at radius 1 is 0.971 bits per heavy atom. The molecular formula is C31H25F2N. The van der Waals surface area contributed by atoms with Crippen LogP contribution in [0.5, 0.6) is 0 Å². The van der Waals surface area contributed by atoms with E-state index in [1.54, 1.807) is 12.1 Å². The highest BCUT2D eigenvalue weighted by Gasteiger charge is 2.36. The van der Waals surface area contributed by atoms with Crippen molar-refractivity contribution in [1.82, 2.24) is 0 Å². The molecule has 1 atom stereocenters. The molecule has 168 valence electrons. The predicted molar refractivity (Wildman–Crippen MR) is 137 cm³/mol. The van der Waals surface area contributed by atoms with Gasteiger partial charge in [-0.05, 0) is 65.6 Å². The van der Waals surface area contributed by atoms with Crippen LogP contribution in [0, 0.1) is 11.6 Å². The van der Waals surface area contributed by atoms with E-state index in [0.29, 0.717) is 5.39 Å². The molecule has 0 fully saturated rings. The summed E-state index contributed by atoms with van der Waals surface area (Å²) in [6.45, 7) is 2.19. The van der Waals surface area contributed by atoms with Gasteiger partial charge in [0.15, 0.2) is 0 Å². The third-order valence-electron chi connectivity index (χ3n) is 7.47. The number of halogens is 2. The highest BCUT2D eigenvalue weighted by atomic mass is 19.1. The largest absolute Gasteiger partial charge is 0.252 e. The van der Waals surface area contributed by atoms with E-state index >= 15 is 0 Å². The zero-order valence-corrected chi connectivity index (χ0v) is 19.1. The van der Waals surface area contributed by atoms with Crippen LogP contribution in [0.15, 0.2) is 89.5 Å². The topological polar surface area (TPSA) is 12.4 Å². The molecule has 1 aliphatic heterocycles. The van der Waals surface area contributed by atoms with Gasteiger partial charge >= 0.3 is 0 Å². The molecule has 0 N–H and O–H groups in total. The zero-order chi connectivity index (χ0) is 23.3. The van der Waals surface area contributed by atoms with Crippen molar-refractivity contribution < 1.29 is 8.78 Å². The second kappa shape index (κ2) is 8.02. The molecule has 0 spiro atoms. The normalized spacial score (nSPS) is 21.3. The van der Waals surface area contributed by atoms with Crippen LogP contribution in [0.2, 0.25) is 0 Å². The number of aliphatic imine (C=N–C) groups is 1. The second-order valence-corrected chi connectivity index (χ2v) is 9.51. The fraction of sp³-hybridized carbons (Fsp3) is 0.194. The molecule has 34 heavy (non-hydrogen) atoms. The van der Waals surface area contributed by atoms with Gasteiger partial charge in [-0.15, -0.1) is 0 Å². The summed E-state index contributed by atoms with van der Waals surface area (Å²) in [5.41, 5.74) is 8.14. The van der Waals surface area contributed by atoms with Gasteiger partial charge in [0.25, 0.3) is 0 Å². The molecule has 1 unspecified atom stereocenters. The maximum Gasteiger partial charge on any atom is 0.131 e. The molecule has 1 heterocycles. The summed E-state index contributed by atoms with van der Waals surface area (Å²) in [6, 6.07) is 14.3. The number of hydrogen-bond acceptors (Lipinski definition) is 1. The minimum absolute atomic E-state index is 0.119. The molecular weight excluding hydrogens is 424 g/mol. The van der Waals surface area contributed by atoms with Crippen LogP contribution in [0.3, 0.4) is 0 Å². The molecule has 3 heteroatoms. The number of nitrogens with zero attached hydrogens (tertiary/aromatic N) is 1. The van der Waals surface area contributed by atoms with Crippen LogP contribution in [0.1, 0.15) is 49.3 Å². The molecule has 1 nitrogen and oxygen atoms in total. The lowest BCUT2D eigenvalue weighted by molar-refractivity contribution is 0.470. The van der Waals surface area contributed by atoms with E-state index in [2.05, 4.69) is 60.5 Å². The quantitative estimate of drug-likeness (QED) is 0.326. The van der Waals surface area contributed by atoms with Gasteiger partial charge in [0.05, 0.1) is 11.4 Å². The first kappa shape index (κ1) is 21.0. The fourth-order valence-electron chi connectivity index (χ4n) is 5.66. The molecule has 0 bridgehead atoms. The van der Waals surface area contributed by atoms with Crippen molar-refractivity contribution in [2.24, 2.45) is 4.99 Å². The van der Waals surface area contributed by atoms with Crippen LogP contribution >= 0.6 is 0 Å². The Balaban J connectivity index is 0.000000143. The number of fused-ring (bicyclic) bond motifs is 8. The molecule has 3 aromatic rings. The number of hydrogen-bond donors (Lipinski definition) is 0. The molecule has 0 aromatic heterocycles. The first-order valence-corrected chi connectivity index (χ1v) is 11.9. The Morgan fingerprint density at radius 2 is 1.85 bits per heavy atom. The van der Waals surface area contributed by atoms with Crippen molar-refractivity contribution in [3.05, 3.63) is 113 Å². The van der Waals surface area contributed by atoms with Gasteiger partial charge in [-0.1, -0.05) is 67.6 Å². The summed E-state index contributed by atoms with van der Waals surface area (Å²) in [4.78, 5) is 4.57. The Bertz CT molecular complexity index is 1480. The molecule has 3 aromatic carbocycles. The van der Waals surface area contributed by atoms with Gasteiger partial charge in [-0.25, -0.2) is 8.78 Å². The maximum atomic E-state index is 14.5. The SMILES string of the molecule is C1=CCC2=Nc3ccccc3C2=C1.CC12CCCC=C1C=Cc1c2cc(F)c2cc(F)ccc12. The van der Waals surface area contributed by atoms with Crippen molar-refractivity contribution in [1.29, 1.82) is 0 Å². The monoisotopic (exact) mass is 449 g/mol. The lowest BCUT2D eigenvalue weighted by Gasteiger charge is -2.39. The standard InChI is InChI=1S/C19H16F2.C12H9N/c1-19-9-3-2-4-12(19)5-7-15-14-8-6-13(20)10-16(14)18(21)11-17(15)19;1-3-7-11-9(5-1)10-6-2-4-8-12(10)13-11/h4-8,10-11H,2-3,9H2,1H3;1-7H,8H2. The van der Waals surface area contributed by atoms with Crippen molar-refractivity contribution in [3.8, 4) is 0 Å². The smallest absolute Gasteiger partial charge is 0.131 e. The van der Waals surface area contributed by atoms with Crippen LogP contribution in [-0.2, 0) is 5.41 Å². The van der Waals surface area contributed by atoms with Gasteiger partial charge in [-0.2, -0.15) is 0 Å². The Labute approximate surface area is 198 Å². The lowest BCUT2D eigenvalue weighted by atomic mass is 9.65. The number of benzene rings is 3. The molecule has 4 aliphatic rings. The minimum atomic E-state index is -0.398. The van der Waals surface area contributed by atoms with Crippen molar-refractivity contribution >= 4 is 33.8 Å². The van der Waals surface area contributed by atoms with Crippen molar-refractivity contribution in [2.75, 3.05) is 0 Å². The van der Waals surface area contributed by atoms with E-state index < -0.39 is 5.82 Å². The van der Waals surface area contributed by atoms with Crippen LogP contribution < -0.4 is 0 Å². The van der Waals surface area contributed by atoms with Gasteiger partial charge in [0, 0.05) is 28.4 Å². The van der Waals surface area contributed by atoms with Crippen LogP contribution in [0.25, 0.3) is 22.4 Å². The Kier molecular flexibility index (Phi) is 4.95. The Morgan fingerprint density at radius 3 is 2.76 bits per heavy atom. The van der Waals surface area contributed by atoms with Crippen LogP contribution in [-0.4, -0.2) is 5.71 Å². The van der Waals surface area contributed by atoms with Crippen molar-refractivity contribution in [2.45, 2.75) is 38.0 Å². The summed E-state index contributed by atoms with van der Waals surface area (Å²) in [7, 11) is 0. The predicted octanol–water partition coefficient (Wildman–Crippen LogP) is 8.63. The third-order valence-corrected chi connectivity index (χ3v) is 7.47. The molecule has 3 aliphatic carbocycles. The number of allylic oxidation sites excluding steroid dienone is 7. The van der Waals surface area contributed by atoms with E-state index in [4.69, 9.17) is 0 Å². The summed E-state index contributed by atoms with van der Waals surface area (Å²) < 4.78 is 27.9. The average molecular weight is 450 g/mol. The summed E-state index contributed by atoms with van der Waals surface area (Å²) in [5.74, 6) is -0.727.